The molecule has 7 nitrogen and oxygen atoms in total. The van der Waals surface area contributed by atoms with Gasteiger partial charge in [0.25, 0.3) is 0 Å². The predicted octanol–water partition coefficient (Wildman–Crippen LogP) is 3.39. The van der Waals surface area contributed by atoms with Crippen molar-refractivity contribution in [2.45, 2.75) is 26.9 Å². The summed E-state index contributed by atoms with van der Waals surface area (Å²) in [7, 11) is 5.01. The Labute approximate surface area is 165 Å². The van der Waals surface area contributed by atoms with Gasteiger partial charge >= 0.3 is 0 Å². The standard InChI is InChI=1S/C21H28N2O5/c1-15-18(16(2)28-22-15)14-27-19-9-7-17(13-20(19)26-5)8-10-21(24)23(3)11-6-12-25-4/h7-10,13H,6,11-12,14H2,1-5H3/b10-8+. The fourth-order valence-corrected chi connectivity index (χ4v) is 2.62. The zero-order chi connectivity index (χ0) is 20.5. The van der Waals surface area contributed by atoms with Crippen LogP contribution in [0.25, 0.3) is 6.08 Å². The van der Waals surface area contributed by atoms with E-state index in [0.29, 0.717) is 31.3 Å². The van der Waals surface area contributed by atoms with E-state index in [9.17, 15) is 4.79 Å². The summed E-state index contributed by atoms with van der Waals surface area (Å²) in [5, 5.41) is 3.93. The third-order valence-corrected chi connectivity index (χ3v) is 4.38. The second-order valence-corrected chi connectivity index (χ2v) is 6.44. The molecule has 28 heavy (non-hydrogen) atoms. The van der Waals surface area contributed by atoms with E-state index >= 15 is 0 Å². The first-order valence-corrected chi connectivity index (χ1v) is 9.11. The minimum absolute atomic E-state index is 0.0613. The third-order valence-electron chi connectivity index (χ3n) is 4.38. The maximum atomic E-state index is 12.2. The lowest BCUT2D eigenvalue weighted by molar-refractivity contribution is -0.124. The Morgan fingerprint density at radius 3 is 2.68 bits per heavy atom. The van der Waals surface area contributed by atoms with Crippen molar-refractivity contribution >= 4 is 12.0 Å². The molecule has 1 heterocycles. The summed E-state index contributed by atoms with van der Waals surface area (Å²) >= 11 is 0. The maximum Gasteiger partial charge on any atom is 0.246 e. The molecule has 2 aromatic rings. The Bertz CT molecular complexity index is 794. The van der Waals surface area contributed by atoms with Gasteiger partial charge < -0.3 is 23.6 Å². The molecular weight excluding hydrogens is 360 g/mol. The van der Waals surface area contributed by atoms with Gasteiger partial charge in [0.05, 0.1) is 18.4 Å². The van der Waals surface area contributed by atoms with Crippen molar-refractivity contribution in [3.63, 3.8) is 0 Å². The van der Waals surface area contributed by atoms with Crippen LogP contribution in [0.2, 0.25) is 0 Å². The third kappa shape index (κ3) is 5.85. The molecule has 0 aliphatic rings. The van der Waals surface area contributed by atoms with E-state index in [2.05, 4.69) is 5.16 Å². The van der Waals surface area contributed by atoms with Gasteiger partial charge in [0.15, 0.2) is 11.5 Å². The quantitative estimate of drug-likeness (QED) is 0.459. The van der Waals surface area contributed by atoms with E-state index in [1.54, 1.807) is 38.3 Å². The van der Waals surface area contributed by atoms with E-state index in [1.807, 2.05) is 32.0 Å². The summed E-state index contributed by atoms with van der Waals surface area (Å²) in [5.41, 5.74) is 2.58. The number of benzene rings is 1. The van der Waals surface area contributed by atoms with Crippen molar-refractivity contribution in [3.05, 3.63) is 46.9 Å². The minimum Gasteiger partial charge on any atom is -0.493 e. The molecule has 0 N–H and O–H groups in total. The van der Waals surface area contributed by atoms with E-state index in [0.717, 1.165) is 29.0 Å². The van der Waals surface area contributed by atoms with Gasteiger partial charge in [0.2, 0.25) is 5.91 Å². The van der Waals surface area contributed by atoms with Crippen LogP contribution in [0.5, 0.6) is 11.5 Å². The van der Waals surface area contributed by atoms with Gasteiger partial charge in [-0.3, -0.25) is 4.79 Å². The van der Waals surface area contributed by atoms with Gasteiger partial charge in [-0.15, -0.1) is 0 Å². The van der Waals surface area contributed by atoms with Crippen LogP contribution >= 0.6 is 0 Å². The number of hydrogen-bond acceptors (Lipinski definition) is 6. The highest BCUT2D eigenvalue weighted by molar-refractivity contribution is 5.91. The van der Waals surface area contributed by atoms with E-state index in [1.165, 1.54) is 0 Å². The summed E-state index contributed by atoms with van der Waals surface area (Å²) in [4.78, 5) is 13.8. The van der Waals surface area contributed by atoms with Gasteiger partial charge in [-0.25, -0.2) is 0 Å². The zero-order valence-corrected chi connectivity index (χ0v) is 17.2. The number of methoxy groups -OCH3 is 2. The summed E-state index contributed by atoms with van der Waals surface area (Å²) in [6.45, 7) is 5.36. The second kappa shape index (κ2) is 10.5. The number of rotatable bonds is 10. The Morgan fingerprint density at radius 1 is 1.25 bits per heavy atom. The lowest BCUT2D eigenvalue weighted by Gasteiger charge is -2.14. The Balaban J connectivity index is 2.01. The summed E-state index contributed by atoms with van der Waals surface area (Å²) in [5.74, 6) is 1.88. The van der Waals surface area contributed by atoms with Gasteiger partial charge in [0.1, 0.15) is 12.4 Å². The van der Waals surface area contributed by atoms with Crippen LogP contribution in [0.3, 0.4) is 0 Å². The number of nitrogens with zero attached hydrogens (tertiary/aromatic N) is 2. The molecule has 0 saturated carbocycles. The molecule has 0 fully saturated rings. The highest BCUT2D eigenvalue weighted by Gasteiger charge is 2.12. The van der Waals surface area contributed by atoms with Crippen molar-refractivity contribution in [3.8, 4) is 11.5 Å². The predicted molar refractivity (Wildman–Crippen MR) is 106 cm³/mol. The largest absolute Gasteiger partial charge is 0.493 e. The van der Waals surface area contributed by atoms with Crippen LogP contribution < -0.4 is 9.47 Å². The fourth-order valence-electron chi connectivity index (χ4n) is 2.62. The van der Waals surface area contributed by atoms with Crippen LogP contribution in [0.4, 0.5) is 0 Å². The molecule has 2 rings (SSSR count). The van der Waals surface area contributed by atoms with Crippen molar-refractivity contribution in [2.24, 2.45) is 0 Å². The summed E-state index contributed by atoms with van der Waals surface area (Å²) in [6, 6.07) is 5.53. The summed E-state index contributed by atoms with van der Waals surface area (Å²) in [6.07, 6.45) is 4.11. The van der Waals surface area contributed by atoms with E-state index in [-0.39, 0.29) is 5.91 Å². The molecule has 0 aliphatic carbocycles. The van der Waals surface area contributed by atoms with Crippen LogP contribution in [-0.4, -0.2) is 50.4 Å². The Kier molecular flexibility index (Phi) is 8.07. The number of carbonyl (C=O) groups is 1. The maximum absolute atomic E-state index is 12.2. The molecule has 0 saturated heterocycles. The highest BCUT2D eigenvalue weighted by atomic mass is 16.5. The monoisotopic (exact) mass is 388 g/mol. The molecular formula is C21H28N2O5. The number of aromatic nitrogens is 1. The van der Waals surface area contributed by atoms with Crippen molar-refractivity contribution in [1.29, 1.82) is 0 Å². The van der Waals surface area contributed by atoms with Gasteiger partial charge in [-0.2, -0.15) is 0 Å². The smallest absolute Gasteiger partial charge is 0.246 e. The average Bonchev–Trinajstić information content (AvgIpc) is 3.02. The molecule has 152 valence electrons. The fraction of sp³-hybridized carbons (Fsp3) is 0.429. The van der Waals surface area contributed by atoms with Crippen LogP contribution in [-0.2, 0) is 16.1 Å². The first-order valence-electron chi connectivity index (χ1n) is 9.11. The number of likely N-dealkylation sites (N-methyl/N-ethyl adjacent to an activating group) is 1. The first-order chi connectivity index (χ1) is 13.5. The van der Waals surface area contributed by atoms with Gasteiger partial charge in [0, 0.05) is 33.4 Å². The number of ether oxygens (including phenoxy) is 3. The molecule has 0 spiro atoms. The van der Waals surface area contributed by atoms with Crippen LogP contribution in [0.1, 0.15) is 29.0 Å². The summed E-state index contributed by atoms with van der Waals surface area (Å²) < 4.78 is 21.5. The molecule has 7 heteroatoms. The Hall–Kier alpha value is -2.80. The number of amides is 1. The van der Waals surface area contributed by atoms with Crippen molar-refractivity contribution < 1.29 is 23.5 Å². The number of carbonyl (C=O) groups excluding carboxylic acids is 1. The Morgan fingerprint density at radius 2 is 2.04 bits per heavy atom. The molecule has 1 amide bonds. The number of aryl methyl sites for hydroxylation is 2. The second-order valence-electron chi connectivity index (χ2n) is 6.44. The van der Waals surface area contributed by atoms with Gasteiger partial charge in [-0.05, 0) is 44.0 Å². The topological polar surface area (TPSA) is 74.0 Å². The van der Waals surface area contributed by atoms with Crippen molar-refractivity contribution in [2.75, 3.05) is 34.4 Å². The average molecular weight is 388 g/mol. The molecule has 0 atom stereocenters. The SMILES string of the molecule is COCCCN(C)C(=O)/C=C/c1ccc(OCc2c(C)noc2C)c(OC)c1. The van der Waals surface area contributed by atoms with Crippen LogP contribution in [0.15, 0.2) is 28.8 Å². The van der Waals surface area contributed by atoms with Crippen molar-refractivity contribution in [1.82, 2.24) is 10.1 Å². The van der Waals surface area contributed by atoms with E-state index in [4.69, 9.17) is 18.7 Å². The van der Waals surface area contributed by atoms with Crippen LogP contribution in [0, 0.1) is 13.8 Å². The lowest BCUT2D eigenvalue weighted by atomic mass is 10.1. The molecule has 0 bridgehead atoms. The molecule has 0 radical (unpaired) electrons. The van der Waals surface area contributed by atoms with E-state index < -0.39 is 0 Å². The lowest BCUT2D eigenvalue weighted by Crippen LogP contribution is -2.26. The minimum atomic E-state index is -0.0613. The first kappa shape index (κ1) is 21.5. The molecule has 0 unspecified atom stereocenters. The van der Waals surface area contributed by atoms with Gasteiger partial charge in [-0.1, -0.05) is 11.2 Å². The number of hydrogen-bond donors (Lipinski definition) is 0. The zero-order valence-electron chi connectivity index (χ0n) is 17.2. The normalized spacial score (nSPS) is 11.0. The highest BCUT2D eigenvalue weighted by Crippen LogP contribution is 2.30. The molecule has 1 aromatic heterocycles. The molecule has 1 aromatic carbocycles. The molecule has 0 aliphatic heterocycles.